The lowest BCUT2D eigenvalue weighted by Crippen LogP contribution is -2.52. The number of rotatable bonds is 12. The van der Waals surface area contributed by atoms with Crippen molar-refractivity contribution in [1.29, 1.82) is 0 Å². The molecule has 0 unspecified atom stereocenters. The molecule has 0 spiro atoms. The van der Waals surface area contributed by atoms with Crippen LogP contribution in [0.2, 0.25) is 10.0 Å². The first kappa shape index (κ1) is 32.4. The Bertz CT molecular complexity index is 1480. The number of aryl methyl sites for hydroxylation is 2. The quantitative estimate of drug-likeness (QED) is 0.255. The second-order valence-electron chi connectivity index (χ2n) is 10.4. The molecule has 3 aromatic carbocycles. The fourth-order valence-corrected chi connectivity index (χ4v) is 6.21. The molecule has 0 radical (unpaired) electrons. The van der Waals surface area contributed by atoms with E-state index in [0.717, 1.165) is 9.87 Å². The molecule has 3 aromatic rings. The third-order valence-corrected chi connectivity index (χ3v) is 9.16. The summed E-state index contributed by atoms with van der Waals surface area (Å²) in [6.45, 7) is 9.42. The zero-order valence-electron chi connectivity index (χ0n) is 24.0. The number of hydrogen-bond donors (Lipinski definition) is 1. The summed E-state index contributed by atoms with van der Waals surface area (Å²) in [6, 6.07) is 17.6. The number of sulfonamides is 1. The maximum Gasteiger partial charge on any atom is 0.264 e. The number of halogens is 2. The van der Waals surface area contributed by atoms with Gasteiger partial charge in [0.15, 0.2) is 0 Å². The lowest BCUT2D eigenvalue weighted by Gasteiger charge is -2.34. The van der Waals surface area contributed by atoms with Gasteiger partial charge in [-0.15, -0.1) is 0 Å². The summed E-state index contributed by atoms with van der Waals surface area (Å²) < 4.78 is 29.1. The summed E-state index contributed by atoms with van der Waals surface area (Å²) in [5.41, 5.74) is 2.60. The normalized spacial score (nSPS) is 12.2. The first-order valence-corrected chi connectivity index (χ1v) is 15.7. The monoisotopic (exact) mass is 617 g/mol. The van der Waals surface area contributed by atoms with Crippen molar-refractivity contribution in [3.05, 3.63) is 93.5 Å². The van der Waals surface area contributed by atoms with Gasteiger partial charge in [-0.1, -0.05) is 80.4 Å². The molecule has 7 nitrogen and oxygen atoms in total. The molecule has 41 heavy (non-hydrogen) atoms. The Kier molecular flexibility index (Phi) is 11.2. The van der Waals surface area contributed by atoms with Gasteiger partial charge in [-0.2, -0.15) is 0 Å². The molecule has 0 aliphatic carbocycles. The van der Waals surface area contributed by atoms with E-state index in [-0.39, 0.29) is 23.3 Å². The standard InChI is InChI=1S/C31H37Cl2N3O4S/c1-6-28(31(38)34-18-21(2)3)35(19-24-14-15-26(32)27(33)17-24)30(37)20-36(29-16-22(4)12-13-23(29)5)41(39,40)25-10-8-7-9-11-25/h7-17,21,28H,6,18-20H2,1-5H3,(H,34,38)/t28-/m0/s1. The number of amides is 2. The number of nitrogens with one attached hydrogen (secondary N) is 1. The second kappa shape index (κ2) is 14.2. The molecule has 0 aliphatic rings. The number of nitrogens with zero attached hydrogens (tertiary/aromatic N) is 2. The highest BCUT2D eigenvalue weighted by Crippen LogP contribution is 2.29. The van der Waals surface area contributed by atoms with Crippen molar-refractivity contribution < 1.29 is 18.0 Å². The van der Waals surface area contributed by atoms with Gasteiger partial charge in [0.2, 0.25) is 11.8 Å². The minimum Gasteiger partial charge on any atom is -0.354 e. The minimum atomic E-state index is -4.13. The third-order valence-electron chi connectivity index (χ3n) is 6.65. The van der Waals surface area contributed by atoms with Gasteiger partial charge in [0.1, 0.15) is 12.6 Å². The smallest absolute Gasteiger partial charge is 0.264 e. The number of benzene rings is 3. The van der Waals surface area contributed by atoms with E-state index in [1.165, 1.54) is 17.0 Å². The van der Waals surface area contributed by atoms with Crippen molar-refractivity contribution >= 4 is 50.7 Å². The topological polar surface area (TPSA) is 86.8 Å². The van der Waals surface area contributed by atoms with Gasteiger partial charge in [-0.05, 0) is 73.2 Å². The zero-order valence-corrected chi connectivity index (χ0v) is 26.4. The van der Waals surface area contributed by atoms with Crippen LogP contribution in [0.25, 0.3) is 0 Å². The molecule has 0 saturated carbocycles. The lowest BCUT2D eigenvalue weighted by atomic mass is 10.1. The molecule has 1 N–H and O–H groups in total. The van der Waals surface area contributed by atoms with Gasteiger partial charge in [0.05, 0.1) is 20.6 Å². The first-order valence-electron chi connectivity index (χ1n) is 13.5. The van der Waals surface area contributed by atoms with E-state index in [9.17, 15) is 18.0 Å². The SMILES string of the molecule is CC[C@@H](C(=O)NCC(C)C)N(Cc1ccc(Cl)c(Cl)c1)C(=O)CN(c1cc(C)ccc1C)S(=O)(=O)c1ccccc1. The number of carbonyl (C=O) groups excluding carboxylic acids is 2. The van der Waals surface area contributed by atoms with Gasteiger partial charge in [-0.3, -0.25) is 13.9 Å². The van der Waals surface area contributed by atoms with E-state index in [0.29, 0.717) is 39.8 Å². The minimum absolute atomic E-state index is 0.0371. The van der Waals surface area contributed by atoms with Crippen LogP contribution in [-0.4, -0.2) is 44.3 Å². The Morgan fingerprint density at radius 3 is 2.22 bits per heavy atom. The predicted octanol–water partition coefficient (Wildman–Crippen LogP) is 6.39. The van der Waals surface area contributed by atoms with Crippen LogP contribution in [0.4, 0.5) is 5.69 Å². The zero-order chi connectivity index (χ0) is 30.3. The van der Waals surface area contributed by atoms with Crippen LogP contribution in [0.1, 0.15) is 43.9 Å². The van der Waals surface area contributed by atoms with E-state index in [2.05, 4.69) is 5.32 Å². The number of carbonyl (C=O) groups is 2. The highest BCUT2D eigenvalue weighted by molar-refractivity contribution is 7.92. The van der Waals surface area contributed by atoms with Crippen molar-refractivity contribution in [3.8, 4) is 0 Å². The molecule has 0 heterocycles. The number of hydrogen-bond acceptors (Lipinski definition) is 4. The largest absolute Gasteiger partial charge is 0.354 e. The van der Waals surface area contributed by atoms with Crippen molar-refractivity contribution in [2.75, 3.05) is 17.4 Å². The Labute approximate surface area is 253 Å². The molecule has 1 atom stereocenters. The van der Waals surface area contributed by atoms with Crippen molar-refractivity contribution in [1.82, 2.24) is 10.2 Å². The predicted molar refractivity (Wildman–Crippen MR) is 166 cm³/mol. The van der Waals surface area contributed by atoms with Crippen LogP contribution in [-0.2, 0) is 26.2 Å². The fourth-order valence-electron chi connectivity index (χ4n) is 4.40. The fraction of sp³-hybridized carbons (Fsp3) is 0.355. The average molecular weight is 619 g/mol. The van der Waals surface area contributed by atoms with E-state index in [1.807, 2.05) is 39.8 Å². The van der Waals surface area contributed by atoms with Crippen LogP contribution in [0.3, 0.4) is 0 Å². The van der Waals surface area contributed by atoms with Crippen LogP contribution in [0.15, 0.2) is 71.6 Å². The second-order valence-corrected chi connectivity index (χ2v) is 13.1. The molecule has 0 bridgehead atoms. The van der Waals surface area contributed by atoms with Crippen molar-refractivity contribution in [2.24, 2.45) is 5.92 Å². The summed E-state index contributed by atoms with van der Waals surface area (Å²) in [7, 11) is -4.13. The summed E-state index contributed by atoms with van der Waals surface area (Å²) in [6.07, 6.45) is 0.325. The molecular weight excluding hydrogens is 581 g/mol. The van der Waals surface area contributed by atoms with Crippen LogP contribution < -0.4 is 9.62 Å². The maximum atomic E-state index is 14.2. The average Bonchev–Trinajstić information content (AvgIpc) is 2.94. The van der Waals surface area contributed by atoms with E-state index < -0.39 is 28.5 Å². The first-order chi connectivity index (χ1) is 19.3. The van der Waals surface area contributed by atoms with E-state index in [1.54, 1.807) is 49.4 Å². The molecule has 0 aromatic heterocycles. The van der Waals surface area contributed by atoms with Crippen molar-refractivity contribution in [3.63, 3.8) is 0 Å². The summed E-state index contributed by atoms with van der Waals surface area (Å²) in [4.78, 5) is 29.0. The molecule has 3 rings (SSSR count). The van der Waals surface area contributed by atoms with Gasteiger partial charge in [-0.25, -0.2) is 8.42 Å². The Hall–Kier alpha value is -3.07. The Morgan fingerprint density at radius 1 is 0.927 bits per heavy atom. The van der Waals surface area contributed by atoms with Gasteiger partial charge >= 0.3 is 0 Å². The summed E-state index contributed by atoms with van der Waals surface area (Å²) in [5, 5.41) is 3.60. The Morgan fingerprint density at radius 2 is 1.61 bits per heavy atom. The molecule has 2 amide bonds. The van der Waals surface area contributed by atoms with E-state index in [4.69, 9.17) is 23.2 Å². The highest BCUT2D eigenvalue weighted by Gasteiger charge is 2.34. The van der Waals surface area contributed by atoms with Crippen LogP contribution in [0.5, 0.6) is 0 Å². The van der Waals surface area contributed by atoms with Gasteiger partial charge in [0, 0.05) is 13.1 Å². The van der Waals surface area contributed by atoms with Gasteiger partial charge < -0.3 is 10.2 Å². The lowest BCUT2D eigenvalue weighted by molar-refractivity contribution is -0.140. The Balaban J connectivity index is 2.09. The molecule has 220 valence electrons. The molecule has 10 heteroatoms. The summed E-state index contributed by atoms with van der Waals surface area (Å²) in [5.74, 6) is -0.617. The van der Waals surface area contributed by atoms with E-state index >= 15 is 0 Å². The maximum absolute atomic E-state index is 14.2. The molecule has 0 aliphatic heterocycles. The summed E-state index contributed by atoms with van der Waals surface area (Å²) >= 11 is 12.4. The third kappa shape index (κ3) is 8.24. The van der Waals surface area contributed by atoms with Crippen LogP contribution in [0, 0.1) is 19.8 Å². The molecule has 0 saturated heterocycles. The molecular formula is C31H37Cl2N3O4S. The van der Waals surface area contributed by atoms with Crippen LogP contribution >= 0.6 is 23.2 Å². The number of anilines is 1. The molecule has 0 fully saturated rings. The highest BCUT2D eigenvalue weighted by atomic mass is 35.5. The van der Waals surface area contributed by atoms with Crippen molar-refractivity contribution in [2.45, 2.75) is 58.5 Å². The van der Waals surface area contributed by atoms with Gasteiger partial charge in [0.25, 0.3) is 10.0 Å².